The largest absolute Gasteiger partial charge is 0.481 e. The number of Topliss-reactive ketones (excluding diaryl/α,β-unsaturated/α-hetero) is 2. The third-order valence-electron chi connectivity index (χ3n) is 15.6. The minimum absolute atomic E-state index is 0.0167. The maximum Gasteiger partial charge on any atom is 0.309 e. The lowest BCUT2D eigenvalue weighted by molar-refractivity contribution is -0.233. The van der Waals surface area contributed by atoms with Crippen LogP contribution in [0.5, 0.6) is 0 Å². The number of rotatable bonds is 8. The van der Waals surface area contributed by atoms with Crippen LogP contribution >= 0.6 is 0 Å². The molecule has 52 heavy (non-hydrogen) atoms. The predicted molar refractivity (Wildman–Crippen MR) is 195 cm³/mol. The number of carboxylic acid groups (broad SMARTS) is 1. The van der Waals surface area contributed by atoms with Gasteiger partial charge in [-0.25, -0.2) is 4.39 Å². The lowest BCUT2D eigenvalue weighted by Crippen LogP contribution is -2.66. The molecule has 5 aliphatic carbocycles. The number of fused-ring (bicyclic) bond motifs is 7. The number of ether oxygens (including phenoxy) is 1. The van der Waals surface area contributed by atoms with Gasteiger partial charge in [-0.3, -0.25) is 24.0 Å². The highest BCUT2D eigenvalue weighted by Gasteiger charge is 2.71. The number of benzene rings is 1. The van der Waals surface area contributed by atoms with Gasteiger partial charge in [-0.15, -0.1) is 0 Å². The number of aliphatic carboxylic acids is 1. The van der Waals surface area contributed by atoms with Crippen molar-refractivity contribution in [1.29, 1.82) is 0 Å². The summed E-state index contributed by atoms with van der Waals surface area (Å²) in [5.74, 6) is -2.72. The second-order valence-electron chi connectivity index (χ2n) is 19.3. The highest BCUT2D eigenvalue weighted by molar-refractivity contribution is 6.44. The van der Waals surface area contributed by atoms with Crippen LogP contribution in [0, 0.1) is 62.0 Å². The Kier molecular flexibility index (Phi) is 9.31. The molecule has 4 fully saturated rings. The van der Waals surface area contributed by atoms with E-state index in [1.54, 1.807) is 13.8 Å². The summed E-state index contributed by atoms with van der Waals surface area (Å²) in [4.78, 5) is 66.8. The Morgan fingerprint density at radius 2 is 1.56 bits per heavy atom. The second kappa shape index (κ2) is 12.6. The zero-order valence-electron chi connectivity index (χ0n) is 32.5. The first-order chi connectivity index (χ1) is 24.0. The summed E-state index contributed by atoms with van der Waals surface area (Å²) in [6.45, 7) is 18.8. The molecule has 0 spiro atoms. The van der Waals surface area contributed by atoms with Gasteiger partial charge in [0.25, 0.3) is 5.91 Å². The first-order valence-electron chi connectivity index (χ1n) is 19.4. The molecule has 284 valence electrons. The van der Waals surface area contributed by atoms with Crippen molar-refractivity contribution in [3.8, 4) is 0 Å². The zero-order valence-corrected chi connectivity index (χ0v) is 32.5. The van der Waals surface area contributed by atoms with Gasteiger partial charge < -0.3 is 15.2 Å². The minimum Gasteiger partial charge on any atom is -0.481 e. The van der Waals surface area contributed by atoms with Crippen molar-refractivity contribution in [3.63, 3.8) is 0 Å². The molecule has 0 bridgehead atoms. The fourth-order valence-electron chi connectivity index (χ4n) is 12.7. The van der Waals surface area contributed by atoms with Crippen LogP contribution in [0.2, 0.25) is 0 Å². The molecule has 4 saturated carbocycles. The first-order valence-corrected chi connectivity index (χ1v) is 19.4. The summed E-state index contributed by atoms with van der Waals surface area (Å²) < 4.78 is 19.7. The van der Waals surface area contributed by atoms with Gasteiger partial charge >= 0.3 is 11.9 Å². The smallest absolute Gasteiger partial charge is 0.309 e. The maximum atomic E-state index is 14.4. The van der Waals surface area contributed by atoms with Crippen molar-refractivity contribution < 1.29 is 38.2 Å². The number of halogens is 1. The number of amides is 1. The zero-order chi connectivity index (χ0) is 38.4. The van der Waals surface area contributed by atoms with E-state index >= 15 is 0 Å². The van der Waals surface area contributed by atoms with E-state index in [1.165, 1.54) is 24.3 Å². The topological polar surface area (TPSA) is 127 Å². The van der Waals surface area contributed by atoms with Gasteiger partial charge in [0.1, 0.15) is 11.9 Å². The van der Waals surface area contributed by atoms with Gasteiger partial charge in [0.15, 0.2) is 5.78 Å². The third-order valence-corrected chi connectivity index (χ3v) is 15.6. The van der Waals surface area contributed by atoms with E-state index in [4.69, 9.17) is 4.74 Å². The molecule has 0 aromatic heterocycles. The average Bonchev–Trinajstić information content (AvgIpc) is 3.36. The number of esters is 1. The molecule has 1 aromatic carbocycles. The van der Waals surface area contributed by atoms with Gasteiger partial charge in [-0.2, -0.15) is 0 Å². The molecule has 5 aliphatic rings. The van der Waals surface area contributed by atoms with E-state index in [9.17, 15) is 33.5 Å². The van der Waals surface area contributed by atoms with Gasteiger partial charge in [-0.05, 0) is 141 Å². The minimum atomic E-state index is -1.20. The van der Waals surface area contributed by atoms with Crippen molar-refractivity contribution in [2.24, 2.45) is 56.2 Å². The fourth-order valence-corrected chi connectivity index (χ4v) is 12.7. The molecule has 2 N–H and O–H groups in total. The van der Waals surface area contributed by atoms with Crippen LogP contribution < -0.4 is 5.32 Å². The molecule has 8 nitrogen and oxygen atoms in total. The number of anilines is 1. The van der Waals surface area contributed by atoms with Crippen LogP contribution in [0.3, 0.4) is 0 Å². The number of hydrogen-bond donors (Lipinski definition) is 2. The Hall–Kier alpha value is -3.36. The molecule has 8 atom stereocenters. The monoisotopic (exact) mass is 719 g/mol. The van der Waals surface area contributed by atoms with E-state index in [0.29, 0.717) is 24.4 Å². The van der Waals surface area contributed by atoms with Gasteiger partial charge in [0, 0.05) is 17.5 Å². The fraction of sp³-hybridized carbons (Fsp3) is 0.698. The van der Waals surface area contributed by atoms with Crippen molar-refractivity contribution >= 4 is 35.1 Å². The summed E-state index contributed by atoms with van der Waals surface area (Å²) in [5, 5.41) is 12.3. The highest BCUT2D eigenvalue weighted by atomic mass is 19.1. The predicted octanol–water partition coefficient (Wildman–Crippen LogP) is 8.73. The van der Waals surface area contributed by atoms with Crippen molar-refractivity contribution in [3.05, 3.63) is 41.2 Å². The van der Waals surface area contributed by atoms with Gasteiger partial charge in [0.05, 0.1) is 17.3 Å². The molecular weight excluding hydrogens is 661 g/mol. The number of nitrogens with one attached hydrogen (secondary N) is 1. The maximum absolute atomic E-state index is 14.4. The van der Waals surface area contributed by atoms with E-state index < -0.39 is 40.3 Å². The molecule has 8 unspecified atom stereocenters. The second-order valence-corrected chi connectivity index (χ2v) is 19.3. The summed E-state index contributed by atoms with van der Waals surface area (Å²) >= 11 is 0. The molecule has 9 heteroatoms. The Labute approximate surface area is 308 Å². The number of carboxylic acids is 1. The first kappa shape index (κ1) is 38.4. The number of allylic oxidation sites excluding steroid dienone is 2. The number of ketones is 2. The molecule has 0 saturated heterocycles. The van der Waals surface area contributed by atoms with Crippen molar-refractivity contribution in [2.75, 3.05) is 5.32 Å². The number of carbonyl (C=O) groups is 5. The van der Waals surface area contributed by atoms with Crippen LogP contribution in [0.4, 0.5) is 10.1 Å². The van der Waals surface area contributed by atoms with E-state index in [2.05, 4.69) is 39.9 Å². The Balaban J connectivity index is 1.30. The lowest BCUT2D eigenvalue weighted by atomic mass is 9.33. The lowest BCUT2D eigenvalue weighted by Gasteiger charge is -2.72. The van der Waals surface area contributed by atoms with Crippen molar-refractivity contribution in [1.82, 2.24) is 0 Å². The van der Waals surface area contributed by atoms with Crippen molar-refractivity contribution in [2.45, 2.75) is 133 Å². The Morgan fingerprint density at radius 1 is 0.904 bits per heavy atom. The summed E-state index contributed by atoms with van der Waals surface area (Å²) in [7, 11) is 0. The third kappa shape index (κ3) is 5.61. The molecular formula is C43H58FNO7. The summed E-state index contributed by atoms with van der Waals surface area (Å²) in [6.07, 6.45) is 6.00. The quantitative estimate of drug-likeness (QED) is 0.203. The Bertz CT molecular complexity index is 1730. The summed E-state index contributed by atoms with van der Waals surface area (Å²) in [6, 6.07) is 5.35. The van der Waals surface area contributed by atoms with E-state index in [0.717, 1.165) is 49.7 Å². The molecule has 1 aromatic rings. The molecule has 0 aliphatic heterocycles. The molecule has 6 rings (SSSR count). The molecule has 1 amide bonds. The number of hydrogen-bond acceptors (Lipinski definition) is 6. The van der Waals surface area contributed by atoms with Gasteiger partial charge in [-0.1, -0.05) is 48.5 Å². The summed E-state index contributed by atoms with van der Waals surface area (Å²) in [5.41, 5.74) is -1.05. The highest BCUT2D eigenvalue weighted by Crippen LogP contribution is 2.76. The van der Waals surface area contributed by atoms with E-state index in [1.807, 2.05) is 13.8 Å². The Morgan fingerprint density at radius 3 is 2.17 bits per heavy atom. The van der Waals surface area contributed by atoms with Crippen LogP contribution in [-0.2, 0) is 28.7 Å². The van der Waals surface area contributed by atoms with Crippen LogP contribution in [-0.4, -0.2) is 40.6 Å². The van der Waals surface area contributed by atoms with E-state index in [-0.39, 0.29) is 64.1 Å². The standard InChI is InChI=1S/C43H58FNO7/c1-24(2)33-28(46)22-43(35(48)36(49)45-26-12-10-25(44)11-13-26)21-20-41(8)27(34(33)43)14-15-30-40(7)18-17-31(52-32(47)23-38(3,4)37(50)51)39(5,6)29(40)16-19-42(30,41)9/h10-13,24,27,29-31H,14-23H2,1-9H3,(H,45,49)(H,50,51). The number of carbonyl (C=O) groups excluding carboxylic acids is 4. The molecule has 0 heterocycles. The average molecular weight is 720 g/mol. The van der Waals surface area contributed by atoms with Crippen LogP contribution in [0.1, 0.15) is 127 Å². The normalized spacial score (nSPS) is 36.6. The molecule has 0 radical (unpaired) electrons. The SMILES string of the molecule is CC(C)C1=C2C3CCC4C5(C)CCC(OC(=O)CC(C)(C)C(=O)O)C(C)(C)C5CCC4(C)C3(C)CCC2(C(=O)C(=O)Nc2ccc(F)cc2)CC1=O. The van der Waals surface area contributed by atoms with Crippen LogP contribution in [0.15, 0.2) is 35.4 Å². The van der Waals surface area contributed by atoms with Gasteiger partial charge in [0.2, 0.25) is 5.78 Å². The van der Waals surface area contributed by atoms with Crippen LogP contribution in [0.25, 0.3) is 0 Å².